The lowest BCUT2D eigenvalue weighted by Gasteiger charge is -2.29. The Hall–Kier alpha value is -3.55. The van der Waals surface area contributed by atoms with Gasteiger partial charge in [-0.2, -0.15) is 9.40 Å². The molecule has 2 aliphatic rings. The van der Waals surface area contributed by atoms with E-state index in [0.29, 0.717) is 53.9 Å². The van der Waals surface area contributed by atoms with Crippen LogP contribution in [0.15, 0.2) is 35.2 Å². The highest BCUT2D eigenvalue weighted by Crippen LogP contribution is 2.38. The predicted molar refractivity (Wildman–Crippen MR) is 158 cm³/mol. The number of hydrogen-bond acceptors (Lipinski definition) is 8. The number of anilines is 1. The number of nitrogens with one attached hydrogen (secondary N) is 1. The number of nitrogens with zero attached hydrogens (tertiary/aromatic N) is 4. The van der Waals surface area contributed by atoms with E-state index in [1.54, 1.807) is 31.7 Å². The Bertz CT molecular complexity index is 1620. The summed E-state index contributed by atoms with van der Waals surface area (Å²) in [5.41, 5.74) is 2.73. The molecule has 224 valence electrons. The number of benzene rings is 1. The molecule has 5 rings (SSSR count). The first kappa shape index (κ1) is 29.9. The number of fused-ring (bicyclic) bond motifs is 1. The maximum Gasteiger partial charge on any atom is 0.410 e. The van der Waals surface area contributed by atoms with Gasteiger partial charge in [0.05, 0.1) is 29.3 Å². The van der Waals surface area contributed by atoms with Crippen LogP contribution < -0.4 is 5.32 Å². The van der Waals surface area contributed by atoms with Crippen LogP contribution in [0.4, 0.5) is 9.80 Å². The molecule has 13 heteroatoms. The minimum atomic E-state index is -3.65. The number of amides is 2. The number of carbonyl (C=O) groups excluding carboxylic acids is 3. The summed E-state index contributed by atoms with van der Waals surface area (Å²) in [7, 11) is -3.65. The van der Waals surface area contributed by atoms with Crippen molar-refractivity contribution in [2.45, 2.75) is 58.4 Å². The summed E-state index contributed by atoms with van der Waals surface area (Å²) in [6.45, 7) is 9.30. The molecular formula is C29H35N5O6S2. The van der Waals surface area contributed by atoms with Crippen molar-refractivity contribution in [2.24, 2.45) is 5.92 Å². The average molecular weight is 614 g/mol. The number of piperidine rings is 1. The van der Waals surface area contributed by atoms with Crippen LogP contribution >= 0.6 is 11.3 Å². The summed E-state index contributed by atoms with van der Waals surface area (Å²) in [6, 6.07) is 7.65. The summed E-state index contributed by atoms with van der Waals surface area (Å²) in [5.74, 6) is -0.346. The molecule has 2 aromatic heterocycles. The third-order valence-electron chi connectivity index (χ3n) is 7.72. The van der Waals surface area contributed by atoms with Crippen molar-refractivity contribution in [3.63, 3.8) is 0 Å². The van der Waals surface area contributed by atoms with E-state index in [4.69, 9.17) is 4.74 Å². The first-order chi connectivity index (χ1) is 20.0. The van der Waals surface area contributed by atoms with E-state index in [2.05, 4.69) is 17.3 Å². The monoisotopic (exact) mass is 613 g/mol. The molecule has 11 nitrogen and oxygen atoms in total. The fraction of sp³-hybridized carbons (Fsp3) is 0.448. The summed E-state index contributed by atoms with van der Waals surface area (Å²) in [5, 5.41) is 7.58. The highest BCUT2D eigenvalue weighted by molar-refractivity contribution is 7.89. The van der Waals surface area contributed by atoms with Crippen LogP contribution in [-0.4, -0.2) is 71.6 Å². The minimum Gasteiger partial charge on any atom is -0.450 e. The Morgan fingerprint density at radius 3 is 2.40 bits per heavy atom. The Kier molecular flexibility index (Phi) is 8.53. The van der Waals surface area contributed by atoms with Gasteiger partial charge in [0, 0.05) is 35.8 Å². The number of thiophene rings is 1. The van der Waals surface area contributed by atoms with Crippen molar-refractivity contribution in [3.8, 4) is 0 Å². The smallest absolute Gasteiger partial charge is 0.410 e. The maximum atomic E-state index is 13.8. The maximum absolute atomic E-state index is 13.8. The van der Waals surface area contributed by atoms with Gasteiger partial charge in [-0.15, -0.1) is 11.3 Å². The second-order valence-corrected chi connectivity index (χ2v) is 13.8. The zero-order valence-corrected chi connectivity index (χ0v) is 25.8. The lowest BCUT2D eigenvalue weighted by atomic mass is 10.0. The first-order valence-electron chi connectivity index (χ1n) is 14.0. The molecule has 0 bridgehead atoms. The number of sulfonamides is 1. The number of hydrogen-bond donors (Lipinski definition) is 1. The number of ether oxygens (including phenoxy) is 1. The molecule has 1 N–H and O–H groups in total. The summed E-state index contributed by atoms with van der Waals surface area (Å²) < 4.78 is 34.2. The number of aromatic nitrogens is 2. The zero-order chi connectivity index (χ0) is 30.2. The van der Waals surface area contributed by atoms with Crippen molar-refractivity contribution < 1.29 is 27.5 Å². The number of rotatable bonds is 6. The zero-order valence-electron chi connectivity index (χ0n) is 24.2. The fourth-order valence-corrected chi connectivity index (χ4v) is 8.08. The Balaban J connectivity index is 1.42. The van der Waals surface area contributed by atoms with Crippen molar-refractivity contribution >= 4 is 44.3 Å². The molecule has 1 aromatic carbocycles. The van der Waals surface area contributed by atoms with Crippen LogP contribution in [0.1, 0.15) is 69.2 Å². The van der Waals surface area contributed by atoms with Gasteiger partial charge in [0.25, 0.3) is 11.8 Å². The van der Waals surface area contributed by atoms with Gasteiger partial charge in [0.1, 0.15) is 5.00 Å². The lowest BCUT2D eigenvalue weighted by molar-refractivity contribution is 0.0941. The van der Waals surface area contributed by atoms with Gasteiger partial charge in [0.2, 0.25) is 10.0 Å². The van der Waals surface area contributed by atoms with Gasteiger partial charge in [0.15, 0.2) is 0 Å². The third kappa shape index (κ3) is 5.86. The van der Waals surface area contributed by atoms with Crippen LogP contribution in [0.25, 0.3) is 0 Å². The van der Waals surface area contributed by atoms with E-state index in [1.807, 2.05) is 0 Å². The summed E-state index contributed by atoms with van der Waals surface area (Å²) in [4.78, 5) is 42.0. The lowest BCUT2D eigenvalue weighted by Crippen LogP contribution is -2.37. The van der Waals surface area contributed by atoms with Crippen molar-refractivity contribution in [1.29, 1.82) is 0 Å². The first-order valence-corrected chi connectivity index (χ1v) is 16.3. The quantitative estimate of drug-likeness (QED) is 0.435. The van der Waals surface area contributed by atoms with E-state index in [1.165, 1.54) is 44.6 Å². The van der Waals surface area contributed by atoms with Crippen molar-refractivity contribution in [1.82, 2.24) is 19.0 Å². The van der Waals surface area contributed by atoms with Gasteiger partial charge in [-0.05, 0) is 81.8 Å². The number of carbonyl (C=O) groups is 3. The molecule has 1 saturated heterocycles. The molecule has 4 heterocycles. The van der Waals surface area contributed by atoms with Crippen LogP contribution in [0.3, 0.4) is 0 Å². The van der Waals surface area contributed by atoms with Gasteiger partial charge in [-0.25, -0.2) is 17.9 Å². The van der Waals surface area contributed by atoms with E-state index in [-0.39, 0.29) is 29.5 Å². The minimum absolute atomic E-state index is 0.139. The van der Waals surface area contributed by atoms with Gasteiger partial charge in [-0.1, -0.05) is 6.92 Å². The molecule has 42 heavy (non-hydrogen) atoms. The normalized spacial score (nSPS) is 16.2. The summed E-state index contributed by atoms with van der Waals surface area (Å²) >= 11 is 1.24. The van der Waals surface area contributed by atoms with Crippen molar-refractivity contribution in [2.75, 3.05) is 31.6 Å². The SMILES string of the molecule is CCOC(=O)N1CCc2c(sc(NC(=O)c3ccc(S(=O)(=O)N4CCC(C)CC4)cc3)c2C(=O)n2nc(C)cc2C)C1. The molecular weight excluding hydrogens is 578 g/mol. The van der Waals surface area contributed by atoms with E-state index >= 15 is 0 Å². The number of aryl methyl sites for hydroxylation is 2. The molecule has 0 unspecified atom stereocenters. The molecule has 2 amide bonds. The van der Waals surface area contributed by atoms with Crippen LogP contribution in [0.5, 0.6) is 0 Å². The van der Waals surface area contributed by atoms with Crippen LogP contribution in [0, 0.1) is 19.8 Å². The van der Waals surface area contributed by atoms with E-state index < -0.39 is 22.0 Å². The second-order valence-electron chi connectivity index (χ2n) is 10.8. The molecule has 1 fully saturated rings. The van der Waals surface area contributed by atoms with Gasteiger partial charge >= 0.3 is 6.09 Å². The Morgan fingerprint density at radius 2 is 1.79 bits per heavy atom. The Morgan fingerprint density at radius 1 is 1.10 bits per heavy atom. The van der Waals surface area contributed by atoms with Gasteiger partial charge < -0.3 is 15.0 Å². The fourth-order valence-electron chi connectivity index (χ4n) is 5.36. The third-order valence-corrected chi connectivity index (χ3v) is 10.8. The predicted octanol–water partition coefficient (Wildman–Crippen LogP) is 4.44. The van der Waals surface area contributed by atoms with Crippen molar-refractivity contribution in [3.05, 3.63) is 63.3 Å². The van der Waals surface area contributed by atoms with Crippen LogP contribution in [-0.2, 0) is 27.7 Å². The van der Waals surface area contributed by atoms with E-state index in [0.717, 1.165) is 23.3 Å². The molecule has 2 aliphatic heterocycles. The Labute approximate surface area is 249 Å². The average Bonchev–Trinajstić information content (AvgIpc) is 3.50. The van der Waals surface area contributed by atoms with Crippen LogP contribution in [0.2, 0.25) is 0 Å². The molecule has 0 saturated carbocycles. The standard InChI is InChI=1S/C29H35N5O6S2/c1-5-40-29(37)32-13-12-23-24(17-32)41-27(25(23)28(36)34-20(4)16-19(3)31-34)30-26(35)21-6-8-22(9-7-21)42(38,39)33-14-10-18(2)11-15-33/h6-9,16,18H,5,10-15,17H2,1-4H3,(H,30,35). The molecule has 0 atom stereocenters. The summed E-state index contributed by atoms with van der Waals surface area (Å²) in [6.07, 6.45) is 1.63. The molecule has 0 aliphatic carbocycles. The molecule has 0 radical (unpaired) electrons. The van der Waals surface area contributed by atoms with Gasteiger partial charge in [-0.3, -0.25) is 9.59 Å². The highest BCUT2D eigenvalue weighted by Gasteiger charge is 2.33. The molecule has 3 aromatic rings. The molecule has 0 spiro atoms. The van der Waals surface area contributed by atoms with E-state index in [9.17, 15) is 22.8 Å². The second kappa shape index (κ2) is 12.0. The topological polar surface area (TPSA) is 131 Å². The highest BCUT2D eigenvalue weighted by atomic mass is 32.2. The largest absolute Gasteiger partial charge is 0.450 e.